The average molecular weight is 391 g/mol. The summed E-state index contributed by atoms with van der Waals surface area (Å²) in [6.45, 7) is 7.03. The Labute approximate surface area is 169 Å². The van der Waals surface area contributed by atoms with Crippen LogP contribution in [0.3, 0.4) is 0 Å². The van der Waals surface area contributed by atoms with Crippen molar-refractivity contribution in [1.82, 2.24) is 0 Å². The van der Waals surface area contributed by atoms with Crippen LogP contribution < -0.4 is 0 Å². The van der Waals surface area contributed by atoms with E-state index < -0.39 is 5.97 Å². The zero-order chi connectivity index (χ0) is 20.3. The molecule has 0 aliphatic heterocycles. The van der Waals surface area contributed by atoms with Crippen LogP contribution in [0.25, 0.3) is 0 Å². The Balaban J connectivity index is 1.59. The number of aliphatic hydroxyl groups is 2. The minimum absolute atomic E-state index is 0.187. The number of carboxylic acids is 1. The summed E-state index contributed by atoms with van der Waals surface area (Å²) >= 11 is 0. The minimum atomic E-state index is -0.864. The van der Waals surface area contributed by atoms with Gasteiger partial charge in [-0.3, -0.25) is 0 Å². The van der Waals surface area contributed by atoms with E-state index in [1.54, 1.807) is 0 Å². The van der Waals surface area contributed by atoms with Crippen LogP contribution in [0, 0.1) is 46.3 Å². The van der Waals surface area contributed by atoms with E-state index in [1.165, 1.54) is 18.9 Å². The maximum Gasteiger partial charge on any atom is 0.327 e. The number of carbonyl (C=O) groups is 1. The zero-order valence-electron chi connectivity index (χ0n) is 17.7. The predicted octanol–water partition coefficient (Wildman–Crippen LogP) is 4.25. The van der Waals surface area contributed by atoms with Crippen LogP contribution in [0.1, 0.15) is 72.1 Å². The van der Waals surface area contributed by atoms with Gasteiger partial charge in [0.05, 0.1) is 12.2 Å². The molecular weight excluding hydrogens is 352 g/mol. The topological polar surface area (TPSA) is 77.8 Å². The third-order valence-electron chi connectivity index (χ3n) is 9.91. The highest BCUT2D eigenvalue weighted by Gasteiger charge is 2.62. The first-order valence-electron chi connectivity index (χ1n) is 11.4. The molecule has 4 nitrogen and oxygen atoms in total. The number of carboxylic acid groups (broad SMARTS) is 1. The van der Waals surface area contributed by atoms with Gasteiger partial charge in [-0.2, -0.15) is 0 Å². The van der Waals surface area contributed by atoms with E-state index in [2.05, 4.69) is 20.8 Å². The lowest BCUT2D eigenvalue weighted by Crippen LogP contribution is -2.58. The molecule has 10 atom stereocenters. The molecule has 0 aromatic carbocycles. The SMILES string of the molecule is C[C@H](C=CC(=O)O)[C@H]1CC[C@H]2[C@@H]3C(O)CC4CC(O)CC[C@]4(C)[C@H]3CC[C@]12C. The van der Waals surface area contributed by atoms with Gasteiger partial charge in [0, 0.05) is 6.08 Å². The second-order valence-electron chi connectivity index (χ2n) is 11.0. The van der Waals surface area contributed by atoms with Gasteiger partial charge in [0.1, 0.15) is 0 Å². The highest BCUT2D eigenvalue weighted by Crippen LogP contribution is 2.68. The molecule has 0 heterocycles. The van der Waals surface area contributed by atoms with Crippen molar-refractivity contribution >= 4 is 5.97 Å². The van der Waals surface area contributed by atoms with Gasteiger partial charge < -0.3 is 15.3 Å². The van der Waals surface area contributed by atoms with Crippen LogP contribution in [0.15, 0.2) is 12.2 Å². The third kappa shape index (κ3) is 3.06. The van der Waals surface area contributed by atoms with E-state index in [0.717, 1.165) is 38.5 Å². The second-order valence-corrected chi connectivity index (χ2v) is 11.0. The quantitative estimate of drug-likeness (QED) is 0.630. The van der Waals surface area contributed by atoms with Gasteiger partial charge in [-0.15, -0.1) is 0 Å². The fourth-order valence-electron chi connectivity index (χ4n) is 8.47. The van der Waals surface area contributed by atoms with Crippen LogP contribution in [-0.4, -0.2) is 33.5 Å². The van der Waals surface area contributed by atoms with Crippen molar-refractivity contribution < 1.29 is 20.1 Å². The smallest absolute Gasteiger partial charge is 0.327 e. The van der Waals surface area contributed by atoms with Gasteiger partial charge in [-0.1, -0.05) is 26.8 Å². The van der Waals surface area contributed by atoms with Gasteiger partial charge in [-0.05, 0) is 97.7 Å². The Hall–Kier alpha value is -0.870. The summed E-state index contributed by atoms with van der Waals surface area (Å²) < 4.78 is 0. The second kappa shape index (κ2) is 7.12. The Morgan fingerprint density at radius 3 is 2.39 bits per heavy atom. The number of fused-ring (bicyclic) bond motifs is 5. The lowest BCUT2D eigenvalue weighted by molar-refractivity contribution is -0.173. The fourth-order valence-corrected chi connectivity index (χ4v) is 8.47. The van der Waals surface area contributed by atoms with Crippen molar-refractivity contribution in [3.63, 3.8) is 0 Å². The summed E-state index contributed by atoms with van der Waals surface area (Å²) in [6.07, 6.45) is 11.1. The lowest BCUT2D eigenvalue weighted by atomic mass is 9.43. The van der Waals surface area contributed by atoms with Gasteiger partial charge >= 0.3 is 5.97 Å². The predicted molar refractivity (Wildman–Crippen MR) is 109 cm³/mol. The summed E-state index contributed by atoms with van der Waals surface area (Å²) in [5.74, 6) is 1.82. The Kier molecular flexibility index (Phi) is 5.19. The molecule has 4 fully saturated rings. The van der Waals surface area contributed by atoms with Crippen LogP contribution >= 0.6 is 0 Å². The zero-order valence-corrected chi connectivity index (χ0v) is 17.7. The number of allylic oxidation sites excluding steroid dienone is 1. The van der Waals surface area contributed by atoms with Crippen molar-refractivity contribution in [2.24, 2.45) is 46.3 Å². The molecule has 0 aromatic heterocycles. The normalized spacial score (nSPS) is 52.0. The van der Waals surface area contributed by atoms with Crippen LogP contribution in [-0.2, 0) is 4.79 Å². The lowest BCUT2D eigenvalue weighted by Gasteiger charge is -2.62. The highest BCUT2D eigenvalue weighted by atomic mass is 16.4. The van der Waals surface area contributed by atoms with Crippen molar-refractivity contribution in [2.75, 3.05) is 0 Å². The highest BCUT2D eigenvalue weighted by molar-refractivity contribution is 5.79. The number of aliphatic carboxylic acids is 1. The number of hydrogen-bond acceptors (Lipinski definition) is 3. The molecule has 4 saturated carbocycles. The minimum Gasteiger partial charge on any atom is -0.478 e. The molecule has 0 amide bonds. The largest absolute Gasteiger partial charge is 0.478 e. The van der Waals surface area contributed by atoms with E-state index in [4.69, 9.17) is 5.11 Å². The molecule has 4 aliphatic carbocycles. The molecule has 4 heteroatoms. The molecule has 158 valence electrons. The number of hydrogen-bond donors (Lipinski definition) is 3. The molecule has 4 aliphatic rings. The Bertz CT molecular complexity index is 645. The van der Waals surface area contributed by atoms with Gasteiger partial charge in [-0.25, -0.2) is 4.79 Å². The third-order valence-corrected chi connectivity index (χ3v) is 9.91. The first kappa shape index (κ1) is 20.4. The van der Waals surface area contributed by atoms with Gasteiger partial charge in [0.2, 0.25) is 0 Å². The van der Waals surface area contributed by atoms with Crippen LogP contribution in [0.2, 0.25) is 0 Å². The standard InChI is InChI=1S/C24H38O4/c1-14(4-7-21(27)28)17-5-6-18-22-19(9-11-24(17,18)3)23(2)10-8-16(25)12-15(23)13-20(22)26/h4,7,14-20,22,25-26H,5-6,8-13H2,1-3H3,(H,27,28)/t14-,15?,16?,17-,18+,19+,20?,22+,23+,24-/m1/s1. The van der Waals surface area contributed by atoms with E-state index >= 15 is 0 Å². The Morgan fingerprint density at radius 1 is 1.00 bits per heavy atom. The van der Waals surface area contributed by atoms with Crippen LogP contribution in [0.4, 0.5) is 0 Å². The maximum absolute atomic E-state index is 11.2. The van der Waals surface area contributed by atoms with Crippen molar-refractivity contribution in [1.29, 1.82) is 0 Å². The van der Waals surface area contributed by atoms with Crippen molar-refractivity contribution in [3.8, 4) is 0 Å². The summed E-state index contributed by atoms with van der Waals surface area (Å²) in [6, 6.07) is 0. The van der Waals surface area contributed by atoms with E-state index in [-0.39, 0.29) is 29.0 Å². The van der Waals surface area contributed by atoms with E-state index in [9.17, 15) is 15.0 Å². The van der Waals surface area contributed by atoms with Gasteiger partial charge in [0.25, 0.3) is 0 Å². The van der Waals surface area contributed by atoms with Crippen molar-refractivity contribution in [3.05, 3.63) is 12.2 Å². The molecule has 0 spiro atoms. The fraction of sp³-hybridized carbons (Fsp3) is 0.875. The van der Waals surface area contributed by atoms with Crippen LogP contribution in [0.5, 0.6) is 0 Å². The molecule has 0 aromatic rings. The molecular formula is C24H38O4. The molecule has 0 radical (unpaired) electrons. The summed E-state index contributed by atoms with van der Waals surface area (Å²) in [4.78, 5) is 11.0. The molecule has 3 N–H and O–H groups in total. The molecule has 28 heavy (non-hydrogen) atoms. The summed E-state index contributed by atoms with van der Waals surface area (Å²) in [5.41, 5.74) is 0.457. The Morgan fingerprint density at radius 2 is 1.68 bits per heavy atom. The van der Waals surface area contributed by atoms with E-state index in [1.807, 2.05) is 6.08 Å². The monoisotopic (exact) mass is 390 g/mol. The first-order chi connectivity index (χ1) is 13.2. The number of rotatable bonds is 3. The van der Waals surface area contributed by atoms with Crippen molar-refractivity contribution in [2.45, 2.75) is 84.3 Å². The average Bonchev–Trinajstić information content (AvgIpc) is 2.98. The summed E-state index contributed by atoms with van der Waals surface area (Å²) in [7, 11) is 0. The molecule has 0 saturated heterocycles. The molecule has 3 unspecified atom stereocenters. The number of aliphatic hydroxyl groups excluding tert-OH is 2. The van der Waals surface area contributed by atoms with E-state index in [0.29, 0.717) is 29.6 Å². The molecule has 0 bridgehead atoms. The van der Waals surface area contributed by atoms with Gasteiger partial charge in [0.15, 0.2) is 0 Å². The molecule has 4 rings (SSSR count). The maximum atomic E-state index is 11.2. The summed E-state index contributed by atoms with van der Waals surface area (Å²) in [5, 5.41) is 30.4. The first-order valence-corrected chi connectivity index (χ1v) is 11.4.